The van der Waals surface area contributed by atoms with Crippen molar-refractivity contribution in [1.29, 1.82) is 0 Å². The van der Waals surface area contributed by atoms with Gasteiger partial charge in [-0.25, -0.2) is 4.98 Å². The van der Waals surface area contributed by atoms with Crippen LogP contribution < -0.4 is 9.47 Å². The summed E-state index contributed by atoms with van der Waals surface area (Å²) in [6.07, 6.45) is 1.90. The minimum atomic E-state index is 0.481. The second-order valence-electron chi connectivity index (χ2n) is 4.00. The van der Waals surface area contributed by atoms with Crippen molar-refractivity contribution in [2.45, 2.75) is 0 Å². The van der Waals surface area contributed by atoms with Gasteiger partial charge in [-0.1, -0.05) is 30.3 Å². The number of methoxy groups -OCH3 is 2. The summed E-state index contributed by atoms with van der Waals surface area (Å²) in [5.74, 6) is 1.67. The molecule has 96 valence electrons. The van der Waals surface area contributed by atoms with Crippen LogP contribution >= 0.6 is 0 Å². The molecule has 19 heavy (non-hydrogen) atoms. The van der Waals surface area contributed by atoms with E-state index in [-0.39, 0.29) is 0 Å². The van der Waals surface area contributed by atoms with Gasteiger partial charge in [0.25, 0.3) is 0 Å². The first-order chi connectivity index (χ1) is 9.31. The summed E-state index contributed by atoms with van der Waals surface area (Å²) in [6.45, 7) is 0. The van der Waals surface area contributed by atoms with Crippen LogP contribution in [-0.2, 0) is 0 Å². The Balaban J connectivity index is 2.20. The van der Waals surface area contributed by atoms with E-state index in [0.717, 1.165) is 11.3 Å². The Kier molecular flexibility index (Phi) is 2.79. The van der Waals surface area contributed by atoms with Crippen molar-refractivity contribution in [2.24, 2.45) is 0 Å². The summed E-state index contributed by atoms with van der Waals surface area (Å²) >= 11 is 0. The van der Waals surface area contributed by atoms with E-state index in [2.05, 4.69) is 9.97 Å². The van der Waals surface area contributed by atoms with Crippen molar-refractivity contribution in [1.82, 2.24) is 14.4 Å². The predicted molar refractivity (Wildman–Crippen MR) is 71.5 cm³/mol. The second-order valence-corrected chi connectivity index (χ2v) is 4.00. The third-order valence-electron chi connectivity index (χ3n) is 2.87. The number of imidazole rings is 1. The van der Waals surface area contributed by atoms with Gasteiger partial charge in [-0.2, -0.15) is 4.98 Å². The quantitative estimate of drug-likeness (QED) is 0.721. The van der Waals surface area contributed by atoms with Gasteiger partial charge in [-0.05, 0) is 0 Å². The lowest BCUT2D eigenvalue weighted by Crippen LogP contribution is -1.97. The van der Waals surface area contributed by atoms with Crippen LogP contribution in [0, 0.1) is 0 Å². The van der Waals surface area contributed by atoms with Crippen LogP contribution in [0.4, 0.5) is 0 Å². The molecule has 0 saturated heterocycles. The molecular formula is C14H13N3O2. The number of fused-ring (bicyclic) bond motifs is 1. The Morgan fingerprint density at radius 3 is 2.47 bits per heavy atom. The monoisotopic (exact) mass is 255 g/mol. The molecule has 0 amide bonds. The number of rotatable bonds is 3. The fraction of sp³-hybridized carbons (Fsp3) is 0.143. The van der Waals surface area contributed by atoms with Crippen LogP contribution in [0.2, 0.25) is 0 Å². The topological polar surface area (TPSA) is 48.7 Å². The fourth-order valence-corrected chi connectivity index (χ4v) is 1.93. The Hall–Kier alpha value is -2.56. The number of hydrogen-bond acceptors (Lipinski definition) is 4. The molecule has 0 fully saturated rings. The van der Waals surface area contributed by atoms with Gasteiger partial charge in [-0.3, -0.25) is 4.40 Å². The highest BCUT2D eigenvalue weighted by Gasteiger charge is 2.11. The molecule has 5 heteroatoms. The van der Waals surface area contributed by atoms with E-state index in [4.69, 9.17) is 9.47 Å². The van der Waals surface area contributed by atoms with Crippen molar-refractivity contribution >= 4 is 5.78 Å². The van der Waals surface area contributed by atoms with Gasteiger partial charge in [0, 0.05) is 11.8 Å². The molecule has 0 aliphatic rings. The highest BCUT2D eigenvalue weighted by atomic mass is 16.5. The lowest BCUT2D eigenvalue weighted by Gasteiger charge is -2.04. The number of aromatic nitrogens is 3. The maximum Gasteiger partial charge on any atom is 0.240 e. The second kappa shape index (κ2) is 4.61. The largest absolute Gasteiger partial charge is 0.482 e. The number of ether oxygens (including phenoxy) is 2. The van der Waals surface area contributed by atoms with E-state index in [9.17, 15) is 0 Å². The molecule has 0 aliphatic carbocycles. The highest BCUT2D eigenvalue weighted by molar-refractivity contribution is 5.62. The zero-order valence-corrected chi connectivity index (χ0v) is 10.7. The van der Waals surface area contributed by atoms with E-state index in [0.29, 0.717) is 17.5 Å². The Labute approximate surface area is 110 Å². The van der Waals surface area contributed by atoms with Crippen LogP contribution in [0.25, 0.3) is 17.0 Å². The average molecular weight is 255 g/mol. The number of hydrogen-bond donors (Lipinski definition) is 0. The van der Waals surface area contributed by atoms with Crippen molar-refractivity contribution < 1.29 is 9.47 Å². The van der Waals surface area contributed by atoms with Crippen LogP contribution in [0.1, 0.15) is 0 Å². The third kappa shape index (κ3) is 1.99. The Morgan fingerprint density at radius 1 is 1.00 bits per heavy atom. The molecule has 2 aromatic heterocycles. The van der Waals surface area contributed by atoms with Gasteiger partial charge in [0.1, 0.15) is 0 Å². The molecule has 0 unspecified atom stereocenters. The molecule has 0 aliphatic heterocycles. The van der Waals surface area contributed by atoms with E-state index < -0.39 is 0 Å². The molecule has 0 bridgehead atoms. The van der Waals surface area contributed by atoms with Crippen molar-refractivity contribution in [3.63, 3.8) is 0 Å². The smallest absolute Gasteiger partial charge is 0.240 e. The summed E-state index contributed by atoms with van der Waals surface area (Å²) in [4.78, 5) is 8.79. The Bertz CT molecular complexity index is 707. The van der Waals surface area contributed by atoms with E-state index in [1.54, 1.807) is 24.7 Å². The van der Waals surface area contributed by atoms with Crippen molar-refractivity contribution in [3.05, 3.63) is 42.6 Å². The minimum Gasteiger partial charge on any atom is -0.482 e. The van der Waals surface area contributed by atoms with Gasteiger partial charge >= 0.3 is 0 Å². The molecule has 5 nitrogen and oxygen atoms in total. The molecule has 0 saturated carbocycles. The van der Waals surface area contributed by atoms with E-state index in [1.165, 1.54) is 0 Å². The van der Waals surface area contributed by atoms with Gasteiger partial charge in [0.05, 0.1) is 26.0 Å². The van der Waals surface area contributed by atoms with Crippen LogP contribution in [-0.4, -0.2) is 28.6 Å². The first-order valence-corrected chi connectivity index (χ1v) is 5.85. The Morgan fingerprint density at radius 2 is 1.79 bits per heavy atom. The average Bonchev–Trinajstić information content (AvgIpc) is 2.91. The number of benzene rings is 1. The third-order valence-corrected chi connectivity index (χ3v) is 2.87. The summed E-state index contributed by atoms with van der Waals surface area (Å²) in [6, 6.07) is 11.7. The molecule has 1 aromatic carbocycles. The molecule has 0 radical (unpaired) electrons. The SMILES string of the molecule is COc1cc(OC)n2cc(-c3ccccc3)nc2n1. The fourth-order valence-electron chi connectivity index (χ4n) is 1.93. The number of nitrogens with zero attached hydrogens (tertiary/aromatic N) is 3. The zero-order chi connectivity index (χ0) is 13.2. The molecule has 0 spiro atoms. The van der Waals surface area contributed by atoms with E-state index >= 15 is 0 Å². The summed E-state index contributed by atoms with van der Waals surface area (Å²) < 4.78 is 12.3. The lowest BCUT2D eigenvalue weighted by atomic mass is 10.2. The van der Waals surface area contributed by atoms with Gasteiger partial charge in [-0.15, -0.1) is 0 Å². The molecular weight excluding hydrogens is 242 g/mol. The molecule has 0 atom stereocenters. The van der Waals surface area contributed by atoms with Crippen LogP contribution in [0.15, 0.2) is 42.6 Å². The van der Waals surface area contributed by atoms with Crippen LogP contribution in [0.3, 0.4) is 0 Å². The van der Waals surface area contributed by atoms with Gasteiger partial charge in [0.2, 0.25) is 17.5 Å². The summed E-state index contributed by atoms with van der Waals surface area (Å²) in [5, 5.41) is 0. The first-order valence-electron chi connectivity index (χ1n) is 5.85. The molecule has 0 N–H and O–H groups in total. The standard InChI is InChI=1S/C14H13N3O2/c1-18-12-8-13(19-2)17-9-11(15-14(17)16-12)10-6-4-3-5-7-10/h3-9H,1-2H3. The normalized spacial score (nSPS) is 10.6. The minimum absolute atomic E-state index is 0.481. The van der Waals surface area contributed by atoms with Crippen molar-refractivity contribution in [2.75, 3.05) is 14.2 Å². The predicted octanol–water partition coefficient (Wildman–Crippen LogP) is 2.41. The van der Waals surface area contributed by atoms with Crippen molar-refractivity contribution in [3.8, 4) is 23.0 Å². The van der Waals surface area contributed by atoms with Gasteiger partial charge < -0.3 is 9.47 Å². The molecule has 3 rings (SSSR count). The lowest BCUT2D eigenvalue weighted by molar-refractivity contribution is 0.369. The maximum atomic E-state index is 5.32. The first kappa shape index (κ1) is 11.5. The van der Waals surface area contributed by atoms with Gasteiger partial charge in [0.15, 0.2) is 0 Å². The summed E-state index contributed by atoms with van der Waals surface area (Å²) in [7, 11) is 3.18. The maximum absolute atomic E-state index is 5.32. The van der Waals surface area contributed by atoms with E-state index in [1.807, 2.05) is 36.5 Å². The highest BCUT2D eigenvalue weighted by Crippen LogP contribution is 2.24. The molecule has 3 aromatic rings. The van der Waals surface area contributed by atoms with Crippen LogP contribution in [0.5, 0.6) is 11.8 Å². The molecule has 2 heterocycles. The zero-order valence-electron chi connectivity index (χ0n) is 10.7. The summed E-state index contributed by atoms with van der Waals surface area (Å²) in [5.41, 5.74) is 1.88.